The molecule has 78 valence electrons. The molecule has 0 aliphatic heterocycles. The first kappa shape index (κ1) is 11.7. The molecule has 0 fully saturated rings. The average Bonchev–Trinajstić information content (AvgIpc) is 2.56. The van der Waals surface area contributed by atoms with Crippen LogP contribution >= 0.6 is 11.3 Å². The van der Waals surface area contributed by atoms with Crippen molar-refractivity contribution in [3.05, 3.63) is 48.5 Å². The maximum absolute atomic E-state index is 2.19. The van der Waals surface area contributed by atoms with Crippen molar-refractivity contribution < 1.29 is 0 Å². The van der Waals surface area contributed by atoms with E-state index in [-0.39, 0.29) is 14.9 Å². The Morgan fingerprint density at radius 1 is 0.600 bits per heavy atom. The lowest BCUT2D eigenvalue weighted by molar-refractivity contribution is 1.84. The number of fused-ring (bicyclic) bond motifs is 3. The Bertz CT molecular complexity index is 513. The van der Waals surface area contributed by atoms with E-state index in [1.54, 1.807) is 0 Å². The van der Waals surface area contributed by atoms with Crippen molar-refractivity contribution >= 4 is 31.5 Å². The Hall–Kier alpha value is -1.34. The summed E-state index contributed by atoms with van der Waals surface area (Å²) < 4.78 is 2.76. The molecule has 0 N–H and O–H groups in total. The molecule has 3 rings (SSSR count). The quantitative estimate of drug-likeness (QED) is 0.476. The van der Waals surface area contributed by atoms with Crippen LogP contribution < -0.4 is 0 Å². The van der Waals surface area contributed by atoms with E-state index < -0.39 is 0 Å². The number of benzene rings is 2. The van der Waals surface area contributed by atoms with Crippen molar-refractivity contribution in [1.29, 1.82) is 0 Å². The zero-order valence-corrected chi connectivity index (χ0v) is 7.84. The normalized spacial score (nSPS) is 9.60. The first-order valence-corrected chi connectivity index (χ1v) is 5.13. The molecule has 1 heteroatoms. The van der Waals surface area contributed by atoms with E-state index in [9.17, 15) is 0 Å². The van der Waals surface area contributed by atoms with Crippen molar-refractivity contribution in [1.82, 2.24) is 0 Å². The minimum absolute atomic E-state index is 0. The Morgan fingerprint density at radius 2 is 1.00 bits per heavy atom. The first-order valence-electron chi connectivity index (χ1n) is 4.31. The molecule has 0 amide bonds. The monoisotopic (exact) mass is 216 g/mol. The third-order valence-corrected chi connectivity index (χ3v) is 3.44. The van der Waals surface area contributed by atoms with Gasteiger partial charge in [-0.15, -0.1) is 11.3 Å². The largest absolute Gasteiger partial charge is 0.135 e. The van der Waals surface area contributed by atoms with Gasteiger partial charge in [-0.3, -0.25) is 0 Å². The molecule has 0 unspecified atom stereocenters. The van der Waals surface area contributed by atoms with Gasteiger partial charge >= 0.3 is 0 Å². The molecule has 0 radical (unpaired) electrons. The highest BCUT2D eigenvalue weighted by Gasteiger charge is 2.01. The number of hydrogen-bond donors (Lipinski definition) is 0. The summed E-state index contributed by atoms with van der Waals surface area (Å²) in [5.74, 6) is 0. The van der Waals surface area contributed by atoms with Crippen LogP contribution in [-0.2, 0) is 0 Å². The van der Waals surface area contributed by atoms with Crippen LogP contribution in [0.3, 0.4) is 0 Å². The zero-order chi connectivity index (χ0) is 8.67. The van der Waals surface area contributed by atoms with Crippen LogP contribution in [0.15, 0.2) is 48.5 Å². The van der Waals surface area contributed by atoms with Gasteiger partial charge in [0.15, 0.2) is 0 Å². The Kier molecular flexibility index (Phi) is 3.48. The molecule has 1 aromatic heterocycles. The van der Waals surface area contributed by atoms with Crippen LogP contribution in [0.1, 0.15) is 14.9 Å². The average molecular weight is 216 g/mol. The summed E-state index contributed by atoms with van der Waals surface area (Å²) in [5.41, 5.74) is 0. The van der Waals surface area contributed by atoms with Gasteiger partial charge in [0.2, 0.25) is 0 Å². The smallest absolute Gasteiger partial charge is 0.0355 e. The van der Waals surface area contributed by atoms with Crippen LogP contribution in [0, 0.1) is 0 Å². The summed E-state index contributed by atoms with van der Waals surface area (Å²) in [4.78, 5) is 0. The van der Waals surface area contributed by atoms with Gasteiger partial charge in [-0.05, 0) is 12.1 Å². The fraction of sp³-hybridized carbons (Fsp3) is 0.143. The van der Waals surface area contributed by atoms with Crippen molar-refractivity contribution in [2.24, 2.45) is 0 Å². The molecule has 0 spiro atoms. The van der Waals surface area contributed by atoms with Gasteiger partial charge in [0.05, 0.1) is 0 Å². The van der Waals surface area contributed by atoms with Gasteiger partial charge in [-0.25, -0.2) is 0 Å². The van der Waals surface area contributed by atoms with Gasteiger partial charge in [-0.2, -0.15) is 0 Å². The molecule has 3 aromatic rings. The lowest BCUT2D eigenvalue weighted by Crippen LogP contribution is -1.62. The van der Waals surface area contributed by atoms with Crippen LogP contribution in [0.2, 0.25) is 0 Å². The van der Waals surface area contributed by atoms with Gasteiger partial charge < -0.3 is 0 Å². The van der Waals surface area contributed by atoms with Crippen molar-refractivity contribution in [2.75, 3.05) is 0 Å². The molecule has 0 atom stereocenters. The van der Waals surface area contributed by atoms with E-state index >= 15 is 0 Å². The number of hydrogen-bond acceptors (Lipinski definition) is 1. The van der Waals surface area contributed by atoms with Crippen molar-refractivity contribution in [3.63, 3.8) is 0 Å². The second-order valence-corrected chi connectivity index (χ2v) is 4.18. The Labute approximate surface area is 95.2 Å². The third kappa shape index (κ3) is 1.75. The predicted octanol–water partition coefficient (Wildman–Crippen LogP) is 5.33. The van der Waals surface area contributed by atoms with E-state index in [0.29, 0.717) is 0 Å². The summed E-state index contributed by atoms with van der Waals surface area (Å²) in [6.45, 7) is 0. The highest BCUT2D eigenvalue weighted by molar-refractivity contribution is 7.25. The highest BCUT2D eigenvalue weighted by atomic mass is 32.1. The van der Waals surface area contributed by atoms with Crippen molar-refractivity contribution in [3.8, 4) is 0 Å². The fourth-order valence-corrected chi connectivity index (χ4v) is 2.78. The molecule has 2 aromatic carbocycles. The molecule has 0 saturated carbocycles. The lowest BCUT2D eigenvalue weighted by Gasteiger charge is -1.88. The first-order chi connectivity index (χ1) is 6.45. The summed E-state index contributed by atoms with van der Waals surface area (Å²) >= 11 is 1.86. The number of rotatable bonds is 0. The second-order valence-electron chi connectivity index (χ2n) is 3.09. The fourth-order valence-electron chi connectivity index (χ4n) is 1.67. The molecule has 0 aliphatic rings. The highest BCUT2D eigenvalue weighted by Crippen LogP contribution is 2.32. The molecule has 1 heterocycles. The molecule has 0 bridgehead atoms. The van der Waals surface area contributed by atoms with Gasteiger partial charge in [-0.1, -0.05) is 51.3 Å². The maximum Gasteiger partial charge on any atom is 0.0355 e. The Morgan fingerprint density at radius 3 is 1.47 bits per heavy atom. The van der Waals surface area contributed by atoms with E-state index in [1.807, 2.05) is 11.3 Å². The van der Waals surface area contributed by atoms with Gasteiger partial charge in [0, 0.05) is 20.2 Å². The second kappa shape index (κ2) is 4.45. The standard InChI is InChI=1S/C12H8S.2CH4/c1-3-7-11-9(5-1)10-6-2-4-8-12(10)13-11;;/h1-8H;2*1H4. The Balaban J connectivity index is 0.000000562. The SMILES string of the molecule is C.C.c1ccc2c(c1)sc1ccccc12. The minimum atomic E-state index is 0. The van der Waals surface area contributed by atoms with E-state index in [1.165, 1.54) is 20.2 Å². The zero-order valence-electron chi connectivity index (χ0n) is 7.03. The third-order valence-electron chi connectivity index (χ3n) is 2.28. The van der Waals surface area contributed by atoms with Crippen molar-refractivity contribution in [2.45, 2.75) is 14.9 Å². The summed E-state index contributed by atoms with van der Waals surface area (Å²) in [7, 11) is 0. The van der Waals surface area contributed by atoms with Gasteiger partial charge in [0.25, 0.3) is 0 Å². The molecule has 0 saturated heterocycles. The maximum atomic E-state index is 2.19. The molecule has 0 aliphatic carbocycles. The molecule has 15 heavy (non-hydrogen) atoms. The topological polar surface area (TPSA) is 0 Å². The minimum Gasteiger partial charge on any atom is -0.135 e. The van der Waals surface area contributed by atoms with Crippen LogP contribution in [0.5, 0.6) is 0 Å². The lowest BCUT2D eigenvalue weighted by atomic mass is 10.2. The van der Waals surface area contributed by atoms with E-state index in [4.69, 9.17) is 0 Å². The number of thiophene rings is 1. The predicted molar refractivity (Wildman–Crippen MR) is 72.8 cm³/mol. The summed E-state index contributed by atoms with van der Waals surface area (Å²) in [5, 5.41) is 2.76. The van der Waals surface area contributed by atoms with E-state index in [2.05, 4.69) is 48.5 Å². The van der Waals surface area contributed by atoms with Crippen LogP contribution in [0.25, 0.3) is 20.2 Å². The van der Waals surface area contributed by atoms with Crippen LogP contribution in [-0.4, -0.2) is 0 Å². The van der Waals surface area contributed by atoms with E-state index in [0.717, 1.165) is 0 Å². The molecular formula is C14H16S. The summed E-state index contributed by atoms with van der Waals surface area (Å²) in [6.07, 6.45) is 0. The van der Waals surface area contributed by atoms with Gasteiger partial charge in [0.1, 0.15) is 0 Å². The van der Waals surface area contributed by atoms with Crippen LogP contribution in [0.4, 0.5) is 0 Å². The molecular weight excluding hydrogens is 200 g/mol. The molecule has 0 nitrogen and oxygen atoms in total. The summed E-state index contributed by atoms with van der Waals surface area (Å²) in [6, 6.07) is 17.1.